The first kappa shape index (κ1) is 12.5. The summed E-state index contributed by atoms with van der Waals surface area (Å²) in [5.41, 5.74) is 3.95. The van der Waals surface area contributed by atoms with Crippen LogP contribution in [0.3, 0.4) is 0 Å². The Morgan fingerprint density at radius 2 is 2.00 bits per heavy atom. The number of nitrogens with one attached hydrogen (secondary N) is 1. The number of para-hydroxylation sites is 1. The highest BCUT2D eigenvalue weighted by atomic mass is 35.5. The van der Waals surface area contributed by atoms with Gasteiger partial charge in [0.15, 0.2) is 0 Å². The van der Waals surface area contributed by atoms with E-state index in [1.807, 2.05) is 31.2 Å². The summed E-state index contributed by atoms with van der Waals surface area (Å²) < 4.78 is 13.7. The lowest BCUT2D eigenvalue weighted by atomic mass is 10.1. The van der Waals surface area contributed by atoms with E-state index in [-0.39, 0.29) is 11.9 Å². The molecule has 0 heterocycles. The summed E-state index contributed by atoms with van der Waals surface area (Å²) in [5, 5.41) is 4.18. The molecule has 0 amide bonds. The Labute approximate surface area is 117 Å². The summed E-state index contributed by atoms with van der Waals surface area (Å²) in [6.07, 6.45) is 1.68. The van der Waals surface area contributed by atoms with Crippen molar-refractivity contribution < 1.29 is 4.39 Å². The molecule has 1 N–H and O–H groups in total. The van der Waals surface area contributed by atoms with Crippen molar-refractivity contribution >= 4 is 17.3 Å². The molecule has 19 heavy (non-hydrogen) atoms. The predicted octanol–water partition coefficient (Wildman–Crippen LogP) is 4.89. The van der Waals surface area contributed by atoms with Gasteiger partial charge < -0.3 is 5.32 Å². The van der Waals surface area contributed by atoms with Crippen molar-refractivity contribution in [3.05, 3.63) is 63.9 Å². The largest absolute Gasteiger partial charge is 0.377 e. The smallest absolute Gasteiger partial charge is 0.126 e. The van der Waals surface area contributed by atoms with Crippen LogP contribution in [0.2, 0.25) is 5.02 Å². The summed E-state index contributed by atoms with van der Waals surface area (Å²) in [5.74, 6) is -0.0994. The van der Waals surface area contributed by atoms with Crippen molar-refractivity contribution in [2.45, 2.75) is 25.8 Å². The van der Waals surface area contributed by atoms with Gasteiger partial charge in [0, 0.05) is 0 Å². The minimum Gasteiger partial charge on any atom is -0.377 e. The van der Waals surface area contributed by atoms with Crippen LogP contribution in [0.15, 0.2) is 36.4 Å². The van der Waals surface area contributed by atoms with E-state index in [0.29, 0.717) is 5.02 Å². The summed E-state index contributed by atoms with van der Waals surface area (Å²) in [6.45, 7) is 2.02. The number of anilines is 1. The van der Waals surface area contributed by atoms with Crippen LogP contribution in [0, 0.1) is 12.7 Å². The molecule has 1 atom stereocenters. The third-order valence-electron chi connectivity index (χ3n) is 3.75. The highest BCUT2D eigenvalue weighted by Crippen LogP contribution is 2.37. The molecular formula is C16H15ClFN. The van der Waals surface area contributed by atoms with Crippen LogP contribution in [-0.2, 0) is 6.42 Å². The normalized spacial score (nSPS) is 17.3. The molecule has 0 fully saturated rings. The zero-order valence-corrected chi connectivity index (χ0v) is 11.5. The van der Waals surface area contributed by atoms with Gasteiger partial charge >= 0.3 is 0 Å². The van der Waals surface area contributed by atoms with Crippen LogP contribution in [0.5, 0.6) is 0 Å². The average Bonchev–Trinajstić information content (AvgIpc) is 2.79. The molecule has 2 aromatic carbocycles. The number of halogens is 2. The van der Waals surface area contributed by atoms with Crippen LogP contribution < -0.4 is 5.32 Å². The molecule has 0 radical (unpaired) electrons. The third-order valence-corrected chi connectivity index (χ3v) is 4.07. The number of hydrogen-bond donors (Lipinski definition) is 1. The Morgan fingerprint density at radius 1 is 1.21 bits per heavy atom. The first-order valence-corrected chi connectivity index (χ1v) is 6.83. The van der Waals surface area contributed by atoms with E-state index in [1.54, 1.807) is 6.07 Å². The Kier molecular flexibility index (Phi) is 3.19. The molecule has 3 heteroatoms. The lowest BCUT2D eigenvalue weighted by molar-refractivity contribution is 0.612. The number of rotatable bonds is 2. The van der Waals surface area contributed by atoms with E-state index in [4.69, 9.17) is 11.6 Å². The summed E-state index contributed by atoms with van der Waals surface area (Å²) in [6, 6.07) is 11.3. The van der Waals surface area contributed by atoms with Crippen LogP contribution in [0.4, 0.5) is 10.1 Å². The van der Waals surface area contributed by atoms with Crippen LogP contribution in [0.1, 0.15) is 29.2 Å². The van der Waals surface area contributed by atoms with Gasteiger partial charge in [-0.25, -0.2) is 4.39 Å². The Balaban J connectivity index is 1.93. The lowest BCUT2D eigenvalue weighted by Gasteiger charge is -2.18. The quantitative estimate of drug-likeness (QED) is 0.823. The third kappa shape index (κ3) is 2.21. The van der Waals surface area contributed by atoms with Gasteiger partial charge in [-0.2, -0.15) is 0 Å². The topological polar surface area (TPSA) is 12.0 Å². The first-order valence-electron chi connectivity index (χ1n) is 6.46. The van der Waals surface area contributed by atoms with E-state index < -0.39 is 0 Å². The van der Waals surface area contributed by atoms with E-state index in [1.165, 1.54) is 6.07 Å². The van der Waals surface area contributed by atoms with Crippen LogP contribution in [-0.4, -0.2) is 0 Å². The fraction of sp³-hybridized carbons (Fsp3) is 0.250. The second-order valence-corrected chi connectivity index (χ2v) is 5.38. The molecule has 0 aliphatic heterocycles. The molecule has 98 valence electrons. The number of fused-ring (bicyclic) bond motifs is 1. The van der Waals surface area contributed by atoms with E-state index in [2.05, 4.69) is 5.32 Å². The van der Waals surface area contributed by atoms with Gasteiger partial charge in [-0.3, -0.25) is 0 Å². The minimum absolute atomic E-state index is 0.0994. The number of aryl methyl sites for hydroxylation is 1. The van der Waals surface area contributed by atoms with Crippen LogP contribution >= 0.6 is 11.6 Å². The maximum absolute atomic E-state index is 13.7. The second kappa shape index (κ2) is 4.86. The standard InChI is InChI=1S/C16H15ClFN/c1-10-4-2-6-13(17)16(10)19-15-9-8-11-12(15)5-3-7-14(11)18/h2-7,15,19H,8-9H2,1H3. The van der Waals surface area contributed by atoms with Gasteiger partial charge in [-0.15, -0.1) is 0 Å². The molecule has 0 spiro atoms. The molecule has 2 aromatic rings. The van der Waals surface area contributed by atoms with Crippen molar-refractivity contribution in [2.75, 3.05) is 5.32 Å². The highest BCUT2D eigenvalue weighted by molar-refractivity contribution is 6.33. The zero-order valence-electron chi connectivity index (χ0n) is 10.7. The van der Waals surface area contributed by atoms with Gasteiger partial charge in [0.2, 0.25) is 0 Å². The Bertz CT molecular complexity index is 604. The predicted molar refractivity (Wildman–Crippen MR) is 77.3 cm³/mol. The summed E-state index contributed by atoms with van der Waals surface area (Å²) in [4.78, 5) is 0. The molecule has 1 aliphatic rings. The molecule has 0 aromatic heterocycles. The molecule has 0 bridgehead atoms. The van der Waals surface area contributed by atoms with E-state index in [0.717, 1.165) is 35.2 Å². The van der Waals surface area contributed by atoms with Gasteiger partial charge in [-0.05, 0) is 48.6 Å². The fourth-order valence-corrected chi connectivity index (χ4v) is 3.02. The number of benzene rings is 2. The van der Waals surface area contributed by atoms with Crippen molar-refractivity contribution in [2.24, 2.45) is 0 Å². The van der Waals surface area contributed by atoms with Gasteiger partial charge in [0.05, 0.1) is 16.8 Å². The van der Waals surface area contributed by atoms with E-state index in [9.17, 15) is 4.39 Å². The van der Waals surface area contributed by atoms with Gasteiger partial charge in [0.25, 0.3) is 0 Å². The summed E-state index contributed by atoms with van der Waals surface area (Å²) in [7, 11) is 0. The van der Waals surface area contributed by atoms with Crippen molar-refractivity contribution in [1.82, 2.24) is 0 Å². The lowest BCUT2D eigenvalue weighted by Crippen LogP contribution is -2.08. The fourth-order valence-electron chi connectivity index (χ4n) is 2.75. The van der Waals surface area contributed by atoms with Crippen molar-refractivity contribution in [1.29, 1.82) is 0 Å². The van der Waals surface area contributed by atoms with Crippen molar-refractivity contribution in [3.8, 4) is 0 Å². The van der Waals surface area contributed by atoms with Gasteiger partial charge in [-0.1, -0.05) is 35.9 Å². The molecule has 0 saturated carbocycles. The maximum Gasteiger partial charge on any atom is 0.126 e. The SMILES string of the molecule is Cc1cccc(Cl)c1NC1CCc2c(F)cccc21. The van der Waals surface area contributed by atoms with Crippen LogP contribution in [0.25, 0.3) is 0 Å². The molecule has 1 unspecified atom stereocenters. The Morgan fingerprint density at radius 3 is 2.79 bits per heavy atom. The Hall–Kier alpha value is -1.54. The molecule has 3 rings (SSSR count). The number of hydrogen-bond acceptors (Lipinski definition) is 1. The molecular weight excluding hydrogens is 261 g/mol. The van der Waals surface area contributed by atoms with Crippen molar-refractivity contribution in [3.63, 3.8) is 0 Å². The molecule has 0 saturated heterocycles. The zero-order chi connectivity index (χ0) is 13.4. The van der Waals surface area contributed by atoms with Gasteiger partial charge in [0.1, 0.15) is 5.82 Å². The minimum atomic E-state index is -0.0994. The average molecular weight is 276 g/mol. The second-order valence-electron chi connectivity index (χ2n) is 4.97. The highest BCUT2D eigenvalue weighted by Gasteiger charge is 2.25. The first-order chi connectivity index (χ1) is 9.16. The monoisotopic (exact) mass is 275 g/mol. The molecule has 1 nitrogen and oxygen atoms in total. The maximum atomic E-state index is 13.7. The molecule has 1 aliphatic carbocycles. The summed E-state index contributed by atoms with van der Waals surface area (Å²) >= 11 is 6.23. The van der Waals surface area contributed by atoms with E-state index >= 15 is 0 Å².